The second kappa shape index (κ2) is 5.92. The summed E-state index contributed by atoms with van der Waals surface area (Å²) in [6.45, 7) is 6.87. The van der Waals surface area contributed by atoms with Crippen molar-refractivity contribution in [3.05, 3.63) is 29.8 Å². The molecule has 0 bridgehead atoms. The summed E-state index contributed by atoms with van der Waals surface area (Å²) in [4.78, 5) is 14.4. The van der Waals surface area contributed by atoms with Gasteiger partial charge in [0, 0.05) is 13.1 Å². The fourth-order valence-electron chi connectivity index (χ4n) is 2.78. The third kappa shape index (κ3) is 3.43. The zero-order valence-electron chi connectivity index (χ0n) is 13.7. The maximum atomic E-state index is 11.9. The Labute approximate surface area is 132 Å². The van der Waals surface area contributed by atoms with E-state index in [1.165, 1.54) is 26.5 Å². The van der Waals surface area contributed by atoms with E-state index in [1.807, 2.05) is 38.1 Å². The molecular formula is C18H25NO3. The van der Waals surface area contributed by atoms with Crippen molar-refractivity contribution in [2.75, 3.05) is 26.8 Å². The summed E-state index contributed by atoms with van der Waals surface area (Å²) in [7, 11) is 1.42. The molecule has 1 aromatic rings. The Kier molecular flexibility index (Phi) is 4.13. The maximum Gasteiger partial charge on any atom is 0.315 e. The topological polar surface area (TPSA) is 38.5 Å². The van der Waals surface area contributed by atoms with Crippen molar-refractivity contribution in [1.82, 2.24) is 4.90 Å². The smallest absolute Gasteiger partial charge is 0.315 e. The van der Waals surface area contributed by atoms with Crippen molar-refractivity contribution < 1.29 is 14.3 Å². The first kappa shape index (κ1) is 15.3. The van der Waals surface area contributed by atoms with Gasteiger partial charge < -0.3 is 9.47 Å². The molecule has 2 atom stereocenters. The molecule has 4 nitrogen and oxygen atoms in total. The highest BCUT2D eigenvalue weighted by Gasteiger charge is 2.38. The van der Waals surface area contributed by atoms with Gasteiger partial charge in [-0.15, -0.1) is 0 Å². The lowest BCUT2D eigenvalue weighted by Crippen LogP contribution is -2.30. The van der Waals surface area contributed by atoms with Gasteiger partial charge in [0.15, 0.2) is 0 Å². The average molecular weight is 303 g/mol. The number of esters is 1. The average Bonchev–Trinajstić information content (AvgIpc) is 3.43. The van der Waals surface area contributed by atoms with Crippen LogP contribution in [0.3, 0.4) is 0 Å². The molecule has 0 aromatic heterocycles. The number of hydrogen-bond acceptors (Lipinski definition) is 4. The SMILES string of the molecule is COC(=O)C(C)(C)c1cccc(OCC2CN2CC2CC2)c1. The summed E-state index contributed by atoms with van der Waals surface area (Å²) in [5.41, 5.74) is 0.258. The molecular weight excluding hydrogens is 278 g/mol. The Balaban J connectivity index is 1.56. The van der Waals surface area contributed by atoms with E-state index < -0.39 is 5.41 Å². The molecule has 0 radical (unpaired) electrons. The Morgan fingerprint density at radius 2 is 2.14 bits per heavy atom. The third-order valence-corrected chi connectivity index (χ3v) is 4.71. The molecule has 4 heteroatoms. The molecule has 0 amide bonds. The molecule has 2 aliphatic rings. The van der Waals surface area contributed by atoms with Crippen molar-refractivity contribution in [1.29, 1.82) is 0 Å². The van der Waals surface area contributed by atoms with Crippen molar-refractivity contribution in [2.45, 2.75) is 38.1 Å². The van der Waals surface area contributed by atoms with Gasteiger partial charge in [0.1, 0.15) is 12.4 Å². The van der Waals surface area contributed by atoms with E-state index in [-0.39, 0.29) is 5.97 Å². The number of methoxy groups -OCH3 is 1. The second-order valence-electron chi connectivity index (χ2n) is 7.01. The van der Waals surface area contributed by atoms with E-state index in [2.05, 4.69) is 4.90 Å². The first-order valence-electron chi connectivity index (χ1n) is 8.06. The zero-order chi connectivity index (χ0) is 15.7. The second-order valence-corrected chi connectivity index (χ2v) is 7.01. The van der Waals surface area contributed by atoms with Crippen molar-refractivity contribution >= 4 is 5.97 Å². The minimum absolute atomic E-state index is 0.234. The number of benzene rings is 1. The number of ether oxygens (including phenoxy) is 2. The van der Waals surface area contributed by atoms with Crippen LogP contribution in [0.1, 0.15) is 32.3 Å². The van der Waals surface area contributed by atoms with Crippen LogP contribution in [0.4, 0.5) is 0 Å². The van der Waals surface area contributed by atoms with Crippen LogP contribution in [0.5, 0.6) is 5.75 Å². The predicted octanol–water partition coefficient (Wildman–Crippen LogP) is 2.61. The first-order chi connectivity index (χ1) is 10.5. The van der Waals surface area contributed by atoms with Crippen LogP contribution in [-0.2, 0) is 14.9 Å². The number of hydrogen-bond donors (Lipinski definition) is 0. The summed E-state index contributed by atoms with van der Waals surface area (Å²) in [6.07, 6.45) is 2.80. The first-order valence-corrected chi connectivity index (χ1v) is 8.06. The van der Waals surface area contributed by atoms with E-state index in [9.17, 15) is 4.79 Å². The Hall–Kier alpha value is -1.55. The molecule has 3 rings (SSSR count). The minimum atomic E-state index is -0.661. The lowest BCUT2D eigenvalue weighted by molar-refractivity contribution is -0.146. The monoisotopic (exact) mass is 303 g/mol. The molecule has 1 aliphatic carbocycles. The van der Waals surface area contributed by atoms with E-state index >= 15 is 0 Å². The van der Waals surface area contributed by atoms with Crippen LogP contribution in [0, 0.1) is 5.92 Å². The molecule has 0 N–H and O–H groups in total. The van der Waals surface area contributed by atoms with Crippen LogP contribution in [-0.4, -0.2) is 43.7 Å². The van der Waals surface area contributed by atoms with Gasteiger partial charge in [0.05, 0.1) is 18.6 Å². The molecule has 1 aromatic carbocycles. The van der Waals surface area contributed by atoms with Crippen LogP contribution in [0.15, 0.2) is 24.3 Å². The van der Waals surface area contributed by atoms with Gasteiger partial charge in [-0.25, -0.2) is 0 Å². The third-order valence-electron chi connectivity index (χ3n) is 4.71. The van der Waals surface area contributed by atoms with Gasteiger partial charge in [-0.05, 0) is 50.3 Å². The summed E-state index contributed by atoms with van der Waals surface area (Å²) < 4.78 is 10.8. The molecule has 2 fully saturated rings. The summed E-state index contributed by atoms with van der Waals surface area (Å²) >= 11 is 0. The van der Waals surface area contributed by atoms with Crippen LogP contribution >= 0.6 is 0 Å². The highest BCUT2D eigenvalue weighted by atomic mass is 16.5. The number of carbonyl (C=O) groups excluding carboxylic acids is 1. The van der Waals surface area contributed by atoms with E-state index in [4.69, 9.17) is 9.47 Å². The highest BCUT2D eigenvalue weighted by molar-refractivity contribution is 5.82. The quantitative estimate of drug-likeness (QED) is 0.573. The fraction of sp³-hybridized carbons (Fsp3) is 0.611. The number of carbonyl (C=O) groups is 1. The van der Waals surface area contributed by atoms with Gasteiger partial charge >= 0.3 is 5.97 Å². The molecule has 22 heavy (non-hydrogen) atoms. The van der Waals surface area contributed by atoms with Crippen LogP contribution in [0.25, 0.3) is 0 Å². The molecule has 1 saturated heterocycles. The lowest BCUT2D eigenvalue weighted by atomic mass is 9.85. The number of nitrogens with zero attached hydrogens (tertiary/aromatic N) is 1. The molecule has 0 spiro atoms. The van der Waals surface area contributed by atoms with Crippen molar-refractivity contribution in [3.8, 4) is 5.75 Å². The molecule has 1 saturated carbocycles. The summed E-state index contributed by atoms with van der Waals surface area (Å²) in [6, 6.07) is 8.34. The van der Waals surface area contributed by atoms with E-state index in [0.717, 1.165) is 30.4 Å². The van der Waals surface area contributed by atoms with Crippen LogP contribution < -0.4 is 4.74 Å². The van der Waals surface area contributed by atoms with Gasteiger partial charge in [-0.1, -0.05) is 12.1 Å². The van der Waals surface area contributed by atoms with E-state index in [0.29, 0.717) is 6.04 Å². The van der Waals surface area contributed by atoms with Gasteiger partial charge in [-0.2, -0.15) is 0 Å². The molecule has 2 unspecified atom stereocenters. The highest BCUT2D eigenvalue weighted by Crippen LogP contribution is 2.34. The largest absolute Gasteiger partial charge is 0.492 e. The molecule has 120 valence electrons. The standard InChI is InChI=1S/C18H25NO3/c1-18(2,17(20)21-3)14-5-4-6-16(9-14)22-12-15-11-19(15)10-13-7-8-13/h4-6,9,13,15H,7-8,10-12H2,1-3H3. The Morgan fingerprint density at radius 1 is 1.36 bits per heavy atom. The van der Waals surface area contributed by atoms with E-state index in [1.54, 1.807) is 0 Å². The molecule has 1 heterocycles. The summed E-state index contributed by atoms with van der Waals surface area (Å²) in [5.74, 6) is 1.53. The summed E-state index contributed by atoms with van der Waals surface area (Å²) in [5, 5.41) is 0. The van der Waals surface area contributed by atoms with Gasteiger partial charge in [0.25, 0.3) is 0 Å². The zero-order valence-corrected chi connectivity index (χ0v) is 13.7. The predicted molar refractivity (Wildman–Crippen MR) is 85.1 cm³/mol. The molecule has 1 aliphatic heterocycles. The Morgan fingerprint density at radius 3 is 2.82 bits per heavy atom. The number of rotatable bonds is 7. The van der Waals surface area contributed by atoms with Crippen molar-refractivity contribution in [3.63, 3.8) is 0 Å². The van der Waals surface area contributed by atoms with Crippen molar-refractivity contribution in [2.24, 2.45) is 5.92 Å². The normalized spacial score (nSPS) is 24.0. The Bertz CT molecular complexity index is 551. The van der Waals surface area contributed by atoms with Crippen LogP contribution in [0.2, 0.25) is 0 Å². The minimum Gasteiger partial charge on any atom is -0.492 e. The van der Waals surface area contributed by atoms with Gasteiger partial charge in [0.2, 0.25) is 0 Å². The van der Waals surface area contributed by atoms with Gasteiger partial charge in [-0.3, -0.25) is 9.69 Å². The maximum absolute atomic E-state index is 11.9. The fourth-order valence-corrected chi connectivity index (χ4v) is 2.78. The lowest BCUT2D eigenvalue weighted by Gasteiger charge is -2.22.